The molecular formula is C52H101NO5. The van der Waals surface area contributed by atoms with Gasteiger partial charge in [0.2, 0.25) is 5.91 Å². The van der Waals surface area contributed by atoms with Crippen LogP contribution in [-0.4, -0.2) is 47.4 Å². The molecule has 344 valence electrons. The first-order valence-corrected chi connectivity index (χ1v) is 25.9. The van der Waals surface area contributed by atoms with Crippen LogP contribution in [0.1, 0.15) is 284 Å². The van der Waals surface area contributed by atoms with E-state index in [9.17, 15) is 19.8 Å². The molecule has 0 saturated heterocycles. The van der Waals surface area contributed by atoms with E-state index in [1.807, 2.05) is 0 Å². The molecule has 0 spiro atoms. The highest BCUT2D eigenvalue weighted by Crippen LogP contribution is 2.16. The zero-order valence-corrected chi connectivity index (χ0v) is 39.0. The van der Waals surface area contributed by atoms with Gasteiger partial charge >= 0.3 is 5.97 Å². The number of hydrogen-bond acceptors (Lipinski definition) is 5. The summed E-state index contributed by atoms with van der Waals surface area (Å²) in [5, 5.41) is 23.2. The van der Waals surface area contributed by atoms with Crippen molar-refractivity contribution in [3.05, 3.63) is 12.2 Å². The number of ether oxygens (including phenoxy) is 1. The van der Waals surface area contributed by atoms with Crippen LogP contribution in [0, 0.1) is 0 Å². The van der Waals surface area contributed by atoms with Crippen LogP contribution in [0.4, 0.5) is 0 Å². The molecule has 0 aromatic heterocycles. The average Bonchev–Trinajstić information content (AvgIpc) is 3.22. The second-order valence-corrected chi connectivity index (χ2v) is 17.9. The van der Waals surface area contributed by atoms with Gasteiger partial charge in [-0.05, 0) is 57.8 Å². The van der Waals surface area contributed by atoms with Crippen molar-refractivity contribution < 1.29 is 24.5 Å². The fourth-order valence-electron chi connectivity index (χ4n) is 8.05. The Morgan fingerprint density at radius 2 is 0.810 bits per heavy atom. The van der Waals surface area contributed by atoms with Crippen molar-refractivity contribution in [1.82, 2.24) is 5.32 Å². The lowest BCUT2D eigenvalue weighted by molar-refractivity contribution is -0.143. The Balaban J connectivity index is 3.49. The van der Waals surface area contributed by atoms with E-state index in [0.717, 1.165) is 77.0 Å². The van der Waals surface area contributed by atoms with Crippen molar-refractivity contribution in [2.24, 2.45) is 0 Å². The molecule has 6 heteroatoms. The summed E-state index contributed by atoms with van der Waals surface area (Å²) in [6, 6.07) is -0.558. The van der Waals surface area contributed by atoms with Crippen LogP contribution in [0.25, 0.3) is 0 Å². The second kappa shape index (κ2) is 48.3. The lowest BCUT2D eigenvalue weighted by atomic mass is 10.0. The minimum Gasteiger partial charge on any atom is -0.466 e. The van der Waals surface area contributed by atoms with Crippen LogP contribution < -0.4 is 5.32 Å². The van der Waals surface area contributed by atoms with Crippen LogP contribution in [-0.2, 0) is 14.3 Å². The zero-order chi connectivity index (χ0) is 42.3. The number of carbonyl (C=O) groups excluding carboxylic acids is 2. The Hall–Kier alpha value is -1.40. The summed E-state index contributed by atoms with van der Waals surface area (Å²) in [5.41, 5.74) is 0. The number of unbranched alkanes of at least 4 members (excludes halogenated alkanes) is 35. The molecule has 0 aliphatic heterocycles. The number of hydrogen-bond donors (Lipinski definition) is 3. The number of aliphatic hydroxyl groups excluding tert-OH is 2. The molecule has 0 rings (SSSR count). The van der Waals surface area contributed by atoms with Crippen LogP contribution in [0.15, 0.2) is 12.2 Å². The molecule has 1 amide bonds. The highest BCUT2D eigenvalue weighted by Gasteiger charge is 2.20. The molecule has 0 aromatic rings. The first-order valence-electron chi connectivity index (χ1n) is 25.9. The molecule has 3 N–H and O–H groups in total. The number of aliphatic hydroxyl groups is 2. The summed E-state index contributed by atoms with van der Waals surface area (Å²) in [7, 11) is 0. The van der Waals surface area contributed by atoms with Crippen LogP contribution in [0.3, 0.4) is 0 Å². The third kappa shape index (κ3) is 44.2. The molecule has 0 bridgehead atoms. The lowest BCUT2D eigenvalue weighted by Gasteiger charge is -2.22. The Kier molecular flexibility index (Phi) is 47.1. The maximum atomic E-state index is 12.4. The topological polar surface area (TPSA) is 95.9 Å². The molecule has 0 radical (unpaired) electrons. The Bertz CT molecular complexity index is 863. The van der Waals surface area contributed by atoms with Gasteiger partial charge in [-0.25, -0.2) is 0 Å². The largest absolute Gasteiger partial charge is 0.466 e. The SMILES string of the molecule is CCCCCCCCCCCCCCCCCC(O)C(CO)NC(=O)CCCCCCC/C=C\CCCCCOC(=O)CCCCCCCCCCCCCCCC. The first-order chi connectivity index (χ1) is 28.5. The van der Waals surface area contributed by atoms with Gasteiger partial charge in [-0.1, -0.05) is 225 Å². The minimum absolute atomic E-state index is 0.0202. The fraction of sp³-hybridized carbons (Fsp3) is 0.923. The predicted molar refractivity (Wildman–Crippen MR) is 250 cm³/mol. The Morgan fingerprint density at radius 3 is 1.22 bits per heavy atom. The van der Waals surface area contributed by atoms with Crippen LogP contribution >= 0.6 is 0 Å². The second-order valence-electron chi connectivity index (χ2n) is 17.9. The van der Waals surface area contributed by atoms with Crippen molar-refractivity contribution >= 4 is 11.9 Å². The Labute approximate surface area is 361 Å². The third-order valence-electron chi connectivity index (χ3n) is 12.1. The van der Waals surface area contributed by atoms with Gasteiger partial charge in [0, 0.05) is 12.8 Å². The molecule has 6 nitrogen and oxygen atoms in total. The standard InChI is InChI=1S/C52H101NO5/c1-3-5-7-9-11-13-15-17-19-20-24-28-32-36-40-44-50(55)49(48-54)53-51(56)45-41-37-33-29-25-22-23-27-31-35-39-43-47-58-52(57)46-42-38-34-30-26-21-18-16-14-12-10-8-6-4-2/h23,27,49-50,54-55H,3-22,24-26,28-48H2,1-2H3,(H,53,56)/b27-23-. The predicted octanol–water partition coefficient (Wildman–Crippen LogP) is 15.3. The van der Waals surface area contributed by atoms with Gasteiger partial charge in [-0.3, -0.25) is 9.59 Å². The van der Waals surface area contributed by atoms with Gasteiger partial charge in [0.1, 0.15) is 0 Å². The zero-order valence-electron chi connectivity index (χ0n) is 39.0. The van der Waals surface area contributed by atoms with Gasteiger partial charge in [-0.2, -0.15) is 0 Å². The summed E-state index contributed by atoms with van der Waals surface area (Å²) in [5.74, 6) is -0.0796. The number of carbonyl (C=O) groups is 2. The molecule has 0 aliphatic carbocycles. The summed E-state index contributed by atoms with van der Waals surface area (Å²) < 4.78 is 5.44. The van der Waals surface area contributed by atoms with Gasteiger partial charge in [0.15, 0.2) is 0 Å². The summed E-state index contributed by atoms with van der Waals surface area (Å²) in [6.45, 7) is 4.90. The van der Waals surface area contributed by atoms with E-state index in [-0.39, 0.29) is 18.5 Å². The Morgan fingerprint density at radius 1 is 0.466 bits per heavy atom. The molecule has 2 atom stereocenters. The lowest BCUT2D eigenvalue weighted by Crippen LogP contribution is -2.45. The molecule has 0 aromatic carbocycles. The maximum absolute atomic E-state index is 12.4. The van der Waals surface area contributed by atoms with Crippen molar-refractivity contribution in [2.45, 2.75) is 296 Å². The molecule has 58 heavy (non-hydrogen) atoms. The van der Waals surface area contributed by atoms with E-state index in [1.54, 1.807) is 0 Å². The highest BCUT2D eigenvalue weighted by molar-refractivity contribution is 5.76. The van der Waals surface area contributed by atoms with Crippen molar-refractivity contribution in [1.29, 1.82) is 0 Å². The first kappa shape index (κ1) is 56.6. The van der Waals surface area contributed by atoms with Crippen LogP contribution in [0.5, 0.6) is 0 Å². The number of rotatable bonds is 48. The maximum Gasteiger partial charge on any atom is 0.305 e. The highest BCUT2D eigenvalue weighted by atomic mass is 16.5. The van der Waals surface area contributed by atoms with Gasteiger partial charge in [-0.15, -0.1) is 0 Å². The molecule has 0 aliphatic rings. The molecule has 2 unspecified atom stereocenters. The molecule has 0 heterocycles. The number of nitrogens with one attached hydrogen (secondary N) is 1. The smallest absolute Gasteiger partial charge is 0.305 e. The van der Waals surface area contributed by atoms with E-state index < -0.39 is 12.1 Å². The molecule has 0 fully saturated rings. The summed E-state index contributed by atoms with van der Waals surface area (Å²) in [6.07, 6.45) is 54.6. The summed E-state index contributed by atoms with van der Waals surface area (Å²) >= 11 is 0. The normalized spacial score (nSPS) is 12.7. The van der Waals surface area contributed by atoms with Crippen molar-refractivity contribution in [3.63, 3.8) is 0 Å². The van der Waals surface area contributed by atoms with E-state index in [2.05, 4.69) is 31.3 Å². The summed E-state index contributed by atoms with van der Waals surface area (Å²) in [4.78, 5) is 24.5. The van der Waals surface area contributed by atoms with Crippen molar-refractivity contribution in [2.75, 3.05) is 13.2 Å². The van der Waals surface area contributed by atoms with Gasteiger partial charge in [0.05, 0.1) is 25.4 Å². The molecular weight excluding hydrogens is 719 g/mol. The average molecular weight is 820 g/mol. The quantitative estimate of drug-likeness (QED) is 0.0323. The number of allylic oxidation sites excluding steroid dienone is 2. The van der Waals surface area contributed by atoms with Gasteiger partial charge < -0.3 is 20.3 Å². The fourth-order valence-corrected chi connectivity index (χ4v) is 8.05. The van der Waals surface area contributed by atoms with Gasteiger partial charge in [0.25, 0.3) is 0 Å². The van der Waals surface area contributed by atoms with Crippen molar-refractivity contribution in [3.8, 4) is 0 Å². The van der Waals surface area contributed by atoms with E-state index in [4.69, 9.17) is 4.74 Å². The van der Waals surface area contributed by atoms with E-state index in [1.165, 1.54) is 173 Å². The van der Waals surface area contributed by atoms with E-state index in [0.29, 0.717) is 25.9 Å². The van der Waals surface area contributed by atoms with E-state index >= 15 is 0 Å². The molecule has 0 saturated carbocycles. The monoisotopic (exact) mass is 820 g/mol. The van der Waals surface area contributed by atoms with Crippen LogP contribution in [0.2, 0.25) is 0 Å². The third-order valence-corrected chi connectivity index (χ3v) is 12.1. The minimum atomic E-state index is -0.679. The number of esters is 1. The number of amides is 1.